The molecule has 0 aliphatic rings. The van der Waals surface area contributed by atoms with Crippen LogP contribution in [0.1, 0.15) is 49.9 Å². The van der Waals surface area contributed by atoms with Gasteiger partial charge in [0.15, 0.2) is 0 Å². The second-order valence-corrected chi connectivity index (χ2v) is 5.23. The molecule has 0 fully saturated rings. The lowest BCUT2D eigenvalue weighted by Gasteiger charge is -2.25. The van der Waals surface area contributed by atoms with E-state index in [0.29, 0.717) is 11.9 Å². The molecular weight excluding hydrogens is 240 g/mol. The van der Waals surface area contributed by atoms with E-state index < -0.39 is 0 Å². The SMILES string of the molecule is CCCCN(C)C(CC)c1nc(CCl)cs1. The van der Waals surface area contributed by atoms with Crippen LogP contribution in [0.4, 0.5) is 0 Å². The summed E-state index contributed by atoms with van der Waals surface area (Å²) in [7, 11) is 2.19. The normalized spacial score (nSPS) is 13.3. The van der Waals surface area contributed by atoms with E-state index in [1.165, 1.54) is 17.8 Å². The monoisotopic (exact) mass is 260 g/mol. The molecule has 16 heavy (non-hydrogen) atoms. The van der Waals surface area contributed by atoms with Gasteiger partial charge in [-0.1, -0.05) is 20.3 Å². The van der Waals surface area contributed by atoms with Gasteiger partial charge in [0.1, 0.15) is 5.01 Å². The minimum Gasteiger partial charge on any atom is -0.297 e. The Morgan fingerprint density at radius 1 is 1.50 bits per heavy atom. The van der Waals surface area contributed by atoms with E-state index in [1.807, 2.05) is 0 Å². The van der Waals surface area contributed by atoms with Gasteiger partial charge in [0.05, 0.1) is 17.6 Å². The first-order chi connectivity index (χ1) is 7.72. The van der Waals surface area contributed by atoms with Crippen molar-refractivity contribution < 1.29 is 0 Å². The van der Waals surface area contributed by atoms with Gasteiger partial charge in [0.2, 0.25) is 0 Å². The van der Waals surface area contributed by atoms with Crippen LogP contribution in [0.3, 0.4) is 0 Å². The van der Waals surface area contributed by atoms with Crippen molar-refractivity contribution in [2.75, 3.05) is 13.6 Å². The minimum absolute atomic E-state index is 0.452. The highest BCUT2D eigenvalue weighted by atomic mass is 35.5. The van der Waals surface area contributed by atoms with Crippen LogP contribution in [-0.2, 0) is 5.88 Å². The lowest BCUT2D eigenvalue weighted by Crippen LogP contribution is -2.25. The highest BCUT2D eigenvalue weighted by molar-refractivity contribution is 7.09. The molecular formula is C12H21ClN2S. The summed E-state index contributed by atoms with van der Waals surface area (Å²) in [6.45, 7) is 5.59. The van der Waals surface area contributed by atoms with Gasteiger partial charge in [-0.15, -0.1) is 22.9 Å². The van der Waals surface area contributed by atoms with Gasteiger partial charge in [0, 0.05) is 5.38 Å². The van der Waals surface area contributed by atoms with E-state index in [0.717, 1.165) is 18.7 Å². The molecule has 0 N–H and O–H groups in total. The molecule has 1 unspecified atom stereocenters. The molecule has 4 heteroatoms. The van der Waals surface area contributed by atoms with Crippen molar-refractivity contribution in [1.29, 1.82) is 0 Å². The number of aromatic nitrogens is 1. The van der Waals surface area contributed by atoms with Gasteiger partial charge in [-0.2, -0.15) is 0 Å². The molecule has 0 saturated heterocycles. The van der Waals surface area contributed by atoms with Crippen molar-refractivity contribution >= 4 is 22.9 Å². The molecule has 0 aromatic carbocycles. The molecule has 0 bridgehead atoms. The Morgan fingerprint density at radius 3 is 2.75 bits per heavy atom. The van der Waals surface area contributed by atoms with Crippen LogP contribution in [0.15, 0.2) is 5.38 Å². The first-order valence-electron chi connectivity index (χ1n) is 5.93. The zero-order valence-corrected chi connectivity index (χ0v) is 11.9. The number of halogens is 1. The molecule has 0 spiro atoms. The van der Waals surface area contributed by atoms with Crippen LogP contribution in [-0.4, -0.2) is 23.5 Å². The molecule has 1 rings (SSSR count). The largest absolute Gasteiger partial charge is 0.297 e. The van der Waals surface area contributed by atoms with Crippen molar-refractivity contribution in [3.8, 4) is 0 Å². The highest BCUT2D eigenvalue weighted by Gasteiger charge is 2.17. The first-order valence-corrected chi connectivity index (χ1v) is 7.34. The third-order valence-electron chi connectivity index (χ3n) is 2.77. The number of thiazole rings is 1. The smallest absolute Gasteiger partial charge is 0.110 e. The Balaban J connectivity index is 2.65. The van der Waals surface area contributed by atoms with E-state index in [4.69, 9.17) is 11.6 Å². The maximum absolute atomic E-state index is 5.78. The van der Waals surface area contributed by atoms with E-state index in [2.05, 4.69) is 36.2 Å². The first kappa shape index (κ1) is 13.9. The highest BCUT2D eigenvalue weighted by Crippen LogP contribution is 2.26. The van der Waals surface area contributed by atoms with Crippen LogP contribution in [0.2, 0.25) is 0 Å². The predicted octanol–water partition coefficient (Wildman–Crippen LogP) is 4.06. The van der Waals surface area contributed by atoms with Crippen LogP contribution in [0, 0.1) is 0 Å². The topological polar surface area (TPSA) is 16.1 Å². The van der Waals surface area contributed by atoms with Crippen molar-refractivity contribution in [2.24, 2.45) is 0 Å². The van der Waals surface area contributed by atoms with E-state index in [-0.39, 0.29) is 0 Å². The third kappa shape index (κ3) is 3.72. The fourth-order valence-electron chi connectivity index (χ4n) is 1.78. The second kappa shape index (κ2) is 7.25. The number of rotatable bonds is 7. The Labute approximate surface area is 108 Å². The van der Waals surface area contributed by atoms with Crippen LogP contribution in [0.25, 0.3) is 0 Å². The summed E-state index contributed by atoms with van der Waals surface area (Å²) < 4.78 is 0. The molecule has 0 aliphatic carbocycles. The Hall–Kier alpha value is -0.120. The summed E-state index contributed by atoms with van der Waals surface area (Å²) in [6.07, 6.45) is 3.60. The Kier molecular flexibility index (Phi) is 6.32. The molecule has 0 amide bonds. The van der Waals surface area contributed by atoms with Gasteiger partial charge in [-0.25, -0.2) is 4.98 Å². The molecule has 92 valence electrons. The lowest BCUT2D eigenvalue weighted by molar-refractivity contribution is 0.234. The molecule has 2 nitrogen and oxygen atoms in total. The van der Waals surface area contributed by atoms with Crippen molar-refractivity contribution in [3.05, 3.63) is 16.1 Å². The lowest BCUT2D eigenvalue weighted by atomic mass is 10.2. The van der Waals surface area contributed by atoms with Gasteiger partial charge >= 0.3 is 0 Å². The summed E-state index contributed by atoms with van der Waals surface area (Å²) in [5.41, 5.74) is 1.00. The number of unbranched alkanes of at least 4 members (excludes halogenated alkanes) is 1. The molecule has 1 atom stereocenters. The molecule has 1 aromatic rings. The predicted molar refractivity (Wildman–Crippen MR) is 72.2 cm³/mol. The number of hydrogen-bond donors (Lipinski definition) is 0. The zero-order chi connectivity index (χ0) is 12.0. The molecule has 1 heterocycles. The maximum Gasteiger partial charge on any atom is 0.110 e. The van der Waals surface area contributed by atoms with E-state index in [9.17, 15) is 0 Å². The number of hydrogen-bond acceptors (Lipinski definition) is 3. The van der Waals surface area contributed by atoms with Crippen molar-refractivity contribution in [2.45, 2.75) is 45.0 Å². The summed E-state index contributed by atoms with van der Waals surface area (Å²) >= 11 is 7.51. The zero-order valence-electron chi connectivity index (χ0n) is 10.4. The second-order valence-electron chi connectivity index (χ2n) is 4.07. The average Bonchev–Trinajstić information content (AvgIpc) is 2.76. The molecule has 0 radical (unpaired) electrons. The quantitative estimate of drug-likeness (QED) is 0.687. The summed E-state index contributed by atoms with van der Waals surface area (Å²) in [4.78, 5) is 6.98. The maximum atomic E-state index is 5.78. The van der Waals surface area contributed by atoms with E-state index >= 15 is 0 Å². The standard InChI is InChI=1S/C12H21ClN2S/c1-4-6-7-15(3)11(5-2)12-14-10(8-13)9-16-12/h9,11H,4-8H2,1-3H3. The molecule has 0 saturated carbocycles. The van der Waals surface area contributed by atoms with Gasteiger partial charge < -0.3 is 0 Å². The average molecular weight is 261 g/mol. The van der Waals surface area contributed by atoms with Crippen LogP contribution in [0.5, 0.6) is 0 Å². The van der Waals surface area contributed by atoms with Gasteiger partial charge in [-0.3, -0.25) is 4.90 Å². The van der Waals surface area contributed by atoms with E-state index in [1.54, 1.807) is 11.3 Å². The Bertz CT molecular complexity index is 301. The minimum atomic E-state index is 0.452. The van der Waals surface area contributed by atoms with Crippen LogP contribution >= 0.6 is 22.9 Å². The van der Waals surface area contributed by atoms with Crippen molar-refractivity contribution in [1.82, 2.24) is 9.88 Å². The Morgan fingerprint density at radius 2 is 2.25 bits per heavy atom. The summed E-state index contributed by atoms with van der Waals surface area (Å²) in [5.74, 6) is 0.519. The van der Waals surface area contributed by atoms with Gasteiger partial charge in [-0.05, 0) is 26.4 Å². The summed E-state index contributed by atoms with van der Waals surface area (Å²) in [6, 6.07) is 0.452. The number of nitrogens with zero attached hydrogens (tertiary/aromatic N) is 2. The number of alkyl halides is 1. The third-order valence-corrected chi connectivity index (χ3v) is 4.04. The molecule has 1 aromatic heterocycles. The fraction of sp³-hybridized carbons (Fsp3) is 0.750. The van der Waals surface area contributed by atoms with Gasteiger partial charge in [0.25, 0.3) is 0 Å². The summed E-state index contributed by atoms with van der Waals surface area (Å²) in [5, 5.41) is 3.27. The fourth-order valence-corrected chi connectivity index (χ4v) is 3.07. The van der Waals surface area contributed by atoms with Crippen molar-refractivity contribution in [3.63, 3.8) is 0 Å². The molecule has 0 aliphatic heterocycles. The van der Waals surface area contributed by atoms with Crippen LogP contribution < -0.4 is 0 Å².